The van der Waals surface area contributed by atoms with Crippen molar-refractivity contribution < 1.29 is 19.1 Å². The lowest BCUT2D eigenvalue weighted by molar-refractivity contribution is -0.126. The van der Waals surface area contributed by atoms with Gasteiger partial charge in [0.2, 0.25) is 12.7 Å². The molecule has 0 bridgehead atoms. The first kappa shape index (κ1) is 17.4. The maximum Gasteiger partial charge on any atom is 0.256 e. The molecule has 28 heavy (non-hydrogen) atoms. The highest BCUT2D eigenvalue weighted by molar-refractivity contribution is 8.01. The van der Waals surface area contributed by atoms with E-state index >= 15 is 0 Å². The summed E-state index contributed by atoms with van der Waals surface area (Å²) in [6.45, 7) is 4.64. The number of carbonyl (C=O) groups is 2. The molecular weight excluding hydrogens is 376 g/mol. The highest BCUT2D eigenvalue weighted by Crippen LogP contribution is 2.56. The summed E-state index contributed by atoms with van der Waals surface area (Å²) in [6.07, 6.45) is 0. The van der Waals surface area contributed by atoms with Crippen LogP contribution >= 0.6 is 11.8 Å². The SMILES string of the molecule is CC1(C)S[C@H]2c3ccccc3C(=O)N2[C@@H]1C(=O)NCc1ccc2c(c1)OCO2. The van der Waals surface area contributed by atoms with Crippen LogP contribution in [0.1, 0.15) is 40.7 Å². The number of amides is 2. The van der Waals surface area contributed by atoms with Crippen LogP contribution in [0.15, 0.2) is 42.5 Å². The molecule has 0 aromatic heterocycles. The van der Waals surface area contributed by atoms with Crippen LogP contribution in [-0.2, 0) is 11.3 Å². The van der Waals surface area contributed by atoms with Crippen molar-refractivity contribution in [3.63, 3.8) is 0 Å². The minimum atomic E-state index is -0.531. The normalized spacial score (nSPS) is 23.5. The fraction of sp³-hybridized carbons (Fsp3) is 0.333. The summed E-state index contributed by atoms with van der Waals surface area (Å²) in [5.74, 6) is 1.20. The highest BCUT2D eigenvalue weighted by Gasteiger charge is 2.57. The molecule has 3 heterocycles. The predicted octanol–water partition coefficient (Wildman–Crippen LogP) is 3.08. The van der Waals surface area contributed by atoms with Crippen molar-refractivity contribution in [2.75, 3.05) is 6.79 Å². The Bertz CT molecular complexity index is 990. The van der Waals surface area contributed by atoms with E-state index in [-0.39, 0.29) is 28.7 Å². The third-order valence-electron chi connectivity index (χ3n) is 5.45. The molecule has 2 atom stereocenters. The summed E-state index contributed by atoms with van der Waals surface area (Å²) < 4.78 is 10.3. The second kappa shape index (κ2) is 6.17. The Balaban J connectivity index is 1.36. The lowest BCUT2D eigenvalue weighted by atomic mass is 10.0. The molecule has 144 valence electrons. The Kier molecular flexibility index (Phi) is 3.84. The summed E-state index contributed by atoms with van der Waals surface area (Å²) in [4.78, 5) is 27.9. The van der Waals surface area contributed by atoms with E-state index in [2.05, 4.69) is 5.32 Å². The van der Waals surface area contributed by atoms with Crippen molar-refractivity contribution >= 4 is 23.6 Å². The predicted molar refractivity (Wildman–Crippen MR) is 105 cm³/mol. The van der Waals surface area contributed by atoms with Gasteiger partial charge in [0.25, 0.3) is 5.91 Å². The van der Waals surface area contributed by atoms with Crippen LogP contribution in [-0.4, -0.2) is 34.3 Å². The standard InChI is InChI=1S/C21H20N2O4S/c1-21(2)17(23-19(25)13-5-3-4-6-14(13)20(23)28-21)18(24)22-10-12-7-8-15-16(9-12)27-11-26-15/h3-9,17,20H,10-11H2,1-2H3,(H,22,24)/t17-,20+/m1/s1. The van der Waals surface area contributed by atoms with E-state index in [4.69, 9.17) is 9.47 Å². The van der Waals surface area contributed by atoms with Crippen LogP contribution in [0.2, 0.25) is 0 Å². The van der Waals surface area contributed by atoms with Gasteiger partial charge in [-0.1, -0.05) is 24.3 Å². The zero-order chi connectivity index (χ0) is 19.5. The van der Waals surface area contributed by atoms with Gasteiger partial charge in [-0.25, -0.2) is 0 Å². The van der Waals surface area contributed by atoms with Crippen molar-refractivity contribution in [1.29, 1.82) is 0 Å². The first-order valence-electron chi connectivity index (χ1n) is 9.21. The number of carbonyl (C=O) groups excluding carboxylic acids is 2. The first-order chi connectivity index (χ1) is 13.5. The molecule has 6 nitrogen and oxygen atoms in total. The Labute approximate surface area is 167 Å². The third-order valence-corrected chi connectivity index (χ3v) is 6.98. The molecule has 2 aromatic carbocycles. The molecule has 0 unspecified atom stereocenters. The van der Waals surface area contributed by atoms with Gasteiger partial charge in [-0.3, -0.25) is 9.59 Å². The number of ether oxygens (including phenoxy) is 2. The van der Waals surface area contributed by atoms with Crippen molar-refractivity contribution in [2.24, 2.45) is 0 Å². The lowest BCUT2D eigenvalue weighted by Gasteiger charge is -2.29. The quantitative estimate of drug-likeness (QED) is 0.864. The van der Waals surface area contributed by atoms with Crippen LogP contribution in [0, 0.1) is 0 Å². The molecule has 0 aliphatic carbocycles. The molecule has 3 aliphatic rings. The second-order valence-corrected chi connectivity index (χ2v) is 9.42. The Morgan fingerprint density at radius 1 is 1.21 bits per heavy atom. The van der Waals surface area contributed by atoms with Gasteiger partial charge >= 0.3 is 0 Å². The second-order valence-electron chi connectivity index (χ2n) is 7.68. The fourth-order valence-electron chi connectivity index (χ4n) is 4.14. The van der Waals surface area contributed by atoms with Crippen LogP contribution < -0.4 is 14.8 Å². The summed E-state index contributed by atoms with van der Waals surface area (Å²) in [6, 6.07) is 12.7. The smallest absolute Gasteiger partial charge is 0.256 e. The Hall–Kier alpha value is -2.67. The van der Waals surface area contributed by atoms with E-state index in [1.807, 2.05) is 56.3 Å². The molecule has 1 fully saturated rings. The van der Waals surface area contributed by atoms with Gasteiger partial charge < -0.3 is 19.7 Å². The number of nitrogens with zero attached hydrogens (tertiary/aromatic N) is 1. The maximum absolute atomic E-state index is 13.1. The number of benzene rings is 2. The van der Waals surface area contributed by atoms with Crippen LogP contribution in [0.25, 0.3) is 0 Å². The average molecular weight is 396 g/mol. The molecule has 1 N–H and O–H groups in total. The van der Waals surface area contributed by atoms with Gasteiger partial charge in [-0.15, -0.1) is 11.8 Å². The van der Waals surface area contributed by atoms with E-state index in [9.17, 15) is 9.59 Å². The Morgan fingerprint density at radius 3 is 2.86 bits per heavy atom. The molecule has 0 saturated carbocycles. The molecule has 2 amide bonds. The van der Waals surface area contributed by atoms with Crippen molar-refractivity contribution in [2.45, 2.75) is 36.6 Å². The molecular formula is C21H20N2O4S. The van der Waals surface area contributed by atoms with Gasteiger partial charge in [-0.2, -0.15) is 0 Å². The minimum absolute atomic E-state index is 0.0677. The monoisotopic (exact) mass is 396 g/mol. The number of fused-ring (bicyclic) bond motifs is 4. The molecule has 2 aromatic rings. The van der Waals surface area contributed by atoms with E-state index in [1.165, 1.54) is 0 Å². The first-order valence-corrected chi connectivity index (χ1v) is 10.1. The van der Waals surface area contributed by atoms with Crippen LogP contribution in [0.5, 0.6) is 11.5 Å². The molecule has 7 heteroatoms. The zero-order valence-electron chi connectivity index (χ0n) is 15.6. The number of nitrogens with one attached hydrogen (secondary N) is 1. The number of hydrogen-bond acceptors (Lipinski definition) is 5. The Morgan fingerprint density at radius 2 is 2.00 bits per heavy atom. The highest BCUT2D eigenvalue weighted by atomic mass is 32.2. The zero-order valence-corrected chi connectivity index (χ0v) is 16.4. The molecule has 0 spiro atoms. The van der Waals surface area contributed by atoms with Crippen molar-refractivity contribution in [3.05, 3.63) is 59.2 Å². The molecule has 3 aliphatic heterocycles. The number of rotatable bonds is 3. The maximum atomic E-state index is 13.1. The third kappa shape index (κ3) is 2.57. The average Bonchev–Trinajstić information content (AvgIpc) is 3.32. The van der Waals surface area contributed by atoms with Crippen LogP contribution in [0.4, 0.5) is 0 Å². The van der Waals surface area contributed by atoms with Crippen LogP contribution in [0.3, 0.4) is 0 Å². The van der Waals surface area contributed by atoms with Gasteiger partial charge in [0.05, 0.1) is 0 Å². The lowest BCUT2D eigenvalue weighted by Crippen LogP contribution is -2.52. The fourth-order valence-corrected chi connectivity index (χ4v) is 5.73. The summed E-state index contributed by atoms with van der Waals surface area (Å²) in [5.41, 5.74) is 2.62. The number of hydrogen-bond donors (Lipinski definition) is 1. The van der Waals surface area contributed by atoms with Crippen molar-refractivity contribution in [1.82, 2.24) is 10.2 Å². The molecule has 0 radical (unpaired) electrons. The summed E-state index contributed by atoms with van der Waals surface area (Å²) >= 11 is 1.67. The van der Waals surface area contributed by atoms with Gasteiger partial charge in [0.15, 0.2) is 11.5 Å². The van der Waals surface area contributed by atoms with Gasteiger partial charge in [0, 0.05) is 16.9 Å². The molecule has 1 saturated heterocycles. The summed E-state index contributed by atoms with van der Waals surface area (Å²) in [7, 11) is 0. The molecule has 5 rings (SSSR count). The van der Waals surface area contributed by atoms with Crippen molar-refractivity contribution in [3.8, 4) is 11.5 Å². The van der Waals surface area contributed by atoms with E-state index in [1.54, 1.807) is 16.7 Å². The van der Waals surface area contributed by atoms with E-state index in [0.29, 0.717) is 23.6 Å². The largest absolute Gasteiger partial charge is 0.454 e. The summed E-state index contributed by atoms with van der Waals surface area (Å²) in [5, 5.41) is 2.89. The van der Waals surface area contributed by atoms with Gasteiger partial charge in [-0.05, 0) is 43.2 Å². The number of thioether (sulfide) groups is 1. The minimum Gasteiger partial charge on any atom is -0.454 e. The van der Waals surface area contributed by atoms with E-state index in [0.717, 1.165) is 11.1 Å². The topological polar surface area (TPSA) is 67.9 Å². The van der Waals surface area contributed by atoms with Gasteiger partial charge in [0.1, 0.15) is 11.4 Å². The van der Waals surface area contributed by atoms with E-state index < -0.39 is 6.04 Å².